The van der Waals surface area contributed by atoms with Gasteiger partial charge in [0, 0.05) is 25.7 Å². The van der Waals surface area contributed by atoms with E-state index < -0.39 is 16.1 Å². The van der Waals surface area contributed by atoms with Gasteiger partial charge in [-0.1, -0.05) is 41.9 Å². The van der Waals surface area contributed by atoms with Crippen molar-refractivity contribution in [1.29, 1.82) is 0 Å². The van der Waals surface area contributed by atoms with Crippen LogP contribution in [-0.2, 0) is 19.6 Å². The maximum absolute atomic E-state index is 12.7. The number of rotatable bonds is 11. The molecule has 1 heterocycles. The quantitative estimate of drug-likeness (QED) is 0.465. The average Bonchev–Trinajstić information content (AvgIpc) is 2.82. The lowest BCUT2D eigenvalue weighted by molar-refractivity contribution is -0.123. The predicted molar refractivity (Wildman–Crippen MR) is 127 cm³/mol. The van der Waals surface area contributed by atoms with Crippen LogP contribution in [0.2, 0.25) is 5.02 Å². The van der Waals surface area contributed by atoms with Crippen LogP contribution in [-0.4, -0.2) is 65.2 Å². The van der Waals surface area contributed by atoms with Gasteiger partial charge in [0.25, 0.3) is 5.91 Å². The Bertz CT molecular complexity index is 1010. The van der Waals surface area contributed by atoms with E-state index in [0.29, 0.717) is 6.54 Å². The monoisotopic (exact) mass is 495 g/mol. The number of morpholine rings is 1. The van der Waals surface area contributed by atoms with Gasteiger partial charge in [0.2, 0.25) is 10.0 Å². The molecule has 10 heteroatoms. The SMILES string of the molecule is C[C@H](NS(=O)(=O)c1ccc(OCC(=O)NCCCN2CCOCC2)c(Cl)c1)c1ccccc1. The molecule has 1 aliphatic rings. The van der Waals surface area contributed by atoms with E-state index in [2.05, 4.69) is 14.9 Å². The van der Waals surface area contributed by atoms with E-state index in [-0.39, 0.29) is 28.2 Å². The van der Waals surface area contributed by atoms with E-state index in [1.165, 1.54) is 18.2 Å². The molecular weight excluding hydrogens is 466 g/mol. The van der Waals surface area contributed by atoms with Gasteiger partial charge in [-0.05, 0) is 43.7 Å². The number of sulfonamides is 1. The Morgan fingerprint density at radius 2 is 1.91 bits per heavy atom. The highest BCUT2D eigenvalue weighted by Gasteiger charge is 2.20. The molecule has 0 unspecified atom stereocenters. The van der Waals surface area contributed by atoms with Gasteiger partial charge in [-0.2, -0.15) is 0 Å². The van der Waals surface area contributed by atoms with Crippen molar-refractivity contribution >= 4 is 27.5 Å². The van der Waals surface area contributed by atoms with Crippen LogP contribution in [0.15, 0.2) is 53.4 Å². The number of carbonyl (C=O) groups excluding carboxylic acids is 1. The van der Waals surface area contributed by atoms with E-state index in [1.807, 2.05) is 30.3 Å². The summed E-state index contributed by atoms with van der Waals surface area (Å²) in [5.41, 5.74) is 0.850. The minimum absolute atomic E-state index is 0.0233. The lowest BCUT2D eigenvalue weighted by Crippen LogP contribution is -2.38. The number of amides is 1. The predicted octanol–water partition coefficient (Wildman–Crippen LogP) is 2.60. The summed E-state index contributed by atoms with van der Waals surface area (Å²) >= 11 is 6.22. The first-order valence-corrected chi connectivity index (χ1v) is 12.8. The molecule has 3 rings (SSSR count). The summed E-state index contributed by atoms with van der Waals surface area (Å²) in [5, 5.41) is 2.93. The molecule has 1 atom stereocenters. The number of carbonyl (C=O) groups is 1. The smallest absolute Gasteiger partial charge is 0.257 e. The first kappa shape index (κ1) is 25.5. The third kappa shape index (κ3) is 7.97. The second-order valence-electron chi connectivity index (χ2n) is 7.79. The third-order valence-corrected chi connectivity index (χ3v) is 7.11. The van der Waals surface area contributed by atoms with Gasteiger partial charge in [-0.25, -0.2) is 13.1 Å². The van der Waals surface area contributed by atoms with Crippen LogP contribution in [0, 0.1) is 0 Å². The van der Waals surface area contributed by atoms with Crippen LogP contribution in [0.25, 0.3) is 0 Å². The molecule has 0 aromatic heterocycles. The van der Waals surface area contributed by atoms with E-state index in [9.17, 15) is 13.2 Å². The van der Waals surface area contributed by atoms with Crippen LogP contribution >= 0.6 is 11.6 Å². The van der Waals surface area contributed by atoms with Gasteiger partial charge in [-0.3, -0.25) is 9.69 Å². The summed E-state index contributed by atoms with van der Waals surface area (Å²) in [6, 6.07) is 13.0. The molecule has 0 radical (unpaired) electrons. The summed E-state index contributed by atoms with van der Waals surface area (Å²) in [6.07, 6.45) is 0.841. The molecule has 1 saturated heterocycles. The third-order valence-electron chi connectivity index (χ3n) is 5.28. The standard InChI is InChI=1S/C23H30ClN3O5S/c1-18(19-6-3-2-4-7-19)26-33(29,30)20-8-9-22(21(24)16-20)32-17-23(28)25-10-5-11-27-12-14-31-15-13-27/h2-4,6-9,16,18,26H,5,10-15,17H2,1H3,(H,25,28)/t18-/m0/s1. The highest BCUT2D eigenvalue weighted by molar-refractivity contribution is 7.89. The first-order valence-electron chi connectivity index (χ1n) is 10.9. The van der Waals surface area contributed by atoms with Crippen molar-refractivity contribution in [2.75, 3.05) is 46.0 Å². The van der Waals surface area contributed by atoms with Crippen LogP contribution in [0.1, 0.15) is 24.9 Å². The Kier molecular flexibility index (Phi) is 9.52. The van der Waals surface area contributed by atoms with Crippen molar-refractivity contribution in [1.82, 2.24) is 14.9 Å². The molecule has 0 spiro atoms. The van der Waals surface area contributed by atoms with Crippen molar-refractivity contribution in [2.45, 2.75) is 24.3 Å². The van der Waals surface area contributed by atoms with E-state index in [1.54, 1.807) is 6.92 Å². The first-order chi connectivity index (χ1) is 15.8. The van der Waals surface area contributed by atoms with Gasteiger partial charge in [0.1, 0.15) is 5.75 Å². The topological polar surface area (TPSA) is 97.0 Å². The van der Waals surface area contributed by atoms with Crippen molar-refractivity contribution in [3.05, 3.63) is 59.1 Å². The number of nitrogens with one attached hydrogen (secondary N) is 2. The van der Waals surface area contributed by atoms with E-state index >= 15 is 0 Å². The number of halogens is 1. The summed E-state index contributed by atoms with van der Waals surface area (Å²) in [6.45, 7) is 6.37. The Morgan fingerprint density at radius 3 is 2.61 bits per heavy atom. The number of nitrogens with zero attached hydrogens (tertiary/aromatic N) is 1. The maximum Gasteiger partial charge on any atom is 0.257 e. The van der Waals surface area contributed by atoms with Gasteiger partial charge >= 0.3 is 0 Å². The van der Waals surface area contributed by atoms with Gasteiger partial charge in [-0.15, -0.1) is 0 Å². The second-order valence-corrected chi connectivity index (χ2v) is 9.91. The summed E-state index contributed by atoms with van der Waals surface area (Å²) in [4.78, 5) is 14.4. The number of hydrogen-bond acceptors (Lipinski definition) is 6. The minimum Gasteiger partial charge on any atom is -0.482 e. The Hall–Kier alpha value is -2.17. The van der Waals surface area contributed by atoms with Crippen LogP contribution in [0.4, 0.5) is 0 Å². The molecule has 0 bridgehead atoms. The molecule has 33 heavy (non-hydrogen) atoms. The zero-order valence-corrected chi connectivity index (χ0v) is 20.2. The highest BCUT2D eigenvalue weighted by atomic mass is 35.5. The number of ether oxygens (including phenoxy) is 2. The lowest BCUT2D eigenvalue weighted by atomic mass is 10.1. The Balaban J connectivity index is 1.46. The van der Waals surface area contributed by atoms with E-state index in [0.717, 1.165) is 44.8 Å². The molecular formula is C23H30ClN3O5S. The molecule has 2 N–H and O–H groups in total. The molecule has 180 valence electrons. The van der Waals surface area contributed by atoms with Crippen molar-refractivity contribution in [2.24, 2.45) is 0 Å². The summed E-state index contributed by atoms with van der Waals surface area (Å²) < 4.78 is 38.9. The average molecular weight is 496 g/mol. The number of hydrogen-bond donors (Lipinski definition) is 2. The van der Waals surface area contributed by atoms with Crippen LogP contribution in [0.3, 0.4) is 0 Å². The molecule has 1 fully saturated rings. The van der Waals surface area contributed by atoms with Crippen molar-refractivity contribution in [3.63, 3.8) is 0 Å². The largest absolute Gasteiger partial charge is 0.482 e. The van der Waals surface area contributed by atoms with Crippen molar-refractivity contribution < 1.29 is 22.7 Å². The molecule has 0 saturated carbocycles. The molecule has 1 aliphatic heterocycles. The molecule has 0 aliphatic carbocycles. The summed E-state index contributed by atoms with van der Waals surface area (Å²) in [7, 11) is -3.78. The van der Waals surface area contributed by atoms with Gasteiger partial charge < -0.3 is 14.8 Å². The Labute approximate surface area is 200 Å². The van der Waals surface area contributed by atoms with Gasteiger partial charge in [0.05, 0.1) is 23.1 Å². The fourth-order valence-electron chi connectivity index (χ4n) is 3.43. The molecule has 1 amide bonds. The highest BCUT2D eigenvalue weighted by Crippen LogP contribution is 2.28. The lowest BCUT2D eigenvalue weighted by Gasteiger charge is -2.26. The molecule has 2 aromatic rings. The van der Waals surface area contributed by atoms with Crippen LogP contribution < -0.4 is 14.8 Å². The maximum atomic E-state index is 12.7. The Morgan fingerprint density at radius 1 is 1.18 bits per heavy atom. The second kappa shape index (κ2) is 12.3. The zero-order chi connectivity index (χ0) is 23.7. The van der Waals surface area contributed by atoms with Gasteiger partial charge in [0.15, 0.2) is 6.61 Å². The molecule has 8 nitrogen and oxygen atoms in total. The van der Waals surface area contributed by atoms with Crippen molar-refractivity contribution in [3.8, 4) is 5.75 Å². The molecule has 2 aromatic carbocycles. The fourth-order valence-corrected chi connectivity index (χ4v) is 4.98. The minimum atomic E-state index is -3.78. The summed E-state index contributed by atoms with van der Waals surface area (Å²) in [5.74, 6) is -0.0155. The number of benzene rings is 2. The van der Waals surface area contributed by atoms with E-state index in [4.69, 9.17) is 21.1 Å². The zero-order valence-electron chi connectivity index (χ0n) is 18.6. The fraction of sp³-hybridized carbons (Fsp3) is 0.435. The van der Waals surface area contributed by atoms with Crippen LogP contribution in [0.5, 0.6) is 5.75 Å². The normalized spacial score (nSPS) is 15.7.